The zero-order valence-electron chi connectivity index (χ0n) is 12.5. The molecule has 0 saturated carbocycles. The summed E-state index contributed by atoms with van der Waals surface area (Å²) in [6.07, 6.45) is 2.33. The molecule has 1 N–H and O–H groups in total. The second-order valence-electron chi connectivity index (χ2n) is 5.15. The van der Waals surface area contributed by atoms with Gasteiger partial charge in [-0.25, -0.2) is 0 Å². The maximum Gasteiger partial charge on any atom is 0.0587 e. The Labute approximate surface area is 149 Å². The van der Waals surface area contributed by atoms with Crippen LogP contribution >= 0.6 is 38.5 Å². The van der Waals surface area contributed by atoms with Crippen molar-refractivity contribution in [3.05, 3.63) is 67.2 Å². The molecule has 2 aromatic carbocycles. The second kappa shape index (κ2) is 8.30. The Morgan fingerprint density at radius 2 is 1.95 bits per heavy atom. The van der Waals surface area contributed by atoms with Crippen LogP contribution in [-0.2, 0) is 6.42 Å². The van der Waals surface area contributed by atoms with Crippen molar-refractivity contribution in [3.63, 3.8) is 0 Å². The van der Waals surface area contributed by atoms with Crippen molar-refractivity contribution < 1.29 is 0 Å². The van der Waals surface area contributed by atoms with Crippen LogP contribution < -0.4 is 5.32 Å². The molecule has 1 atom stereocenters. The van der Waals surface area contributed by atoms with Crippen LogP contribution in [0.25, 0.3) is 0 Å². The molecule has 0 spiro atoms. The Morgan fingerprint density at radius 1 is 1.14 bits per heavy atom. The van der Waals surface area contributed by atoms with Crippen molar-refractivity contribution in [2.24, 2.45) is 0 Å². The summed E-state index contributed by atoms with van der Waals surface area (Å²) in [4.78, 5) is 0. The molecule has 0 radical (unpaired) electrons. The molecule has 2 aromatic rings. The topological polar surface area (TPSA) is 12.0 Å². The van der Waals surface area contributed by atoms with Crippen molar-refractivity contribution in [2.45, 2.75) is 32.7 Å². The van der Waals surface area contributed by atoms with E-state index >= 15 is 0 Å². The number of benzene rings is 2. The van der Waals surface area contributed by atoms with Crippen molar-refractivity contribution in [3.8, 4) is 0 Å². The summed E-state index contributed by atoms with van der Waals surface area (Å²) in [5.41, 5.74) is 4.10. The van der Waals surface area contributed by atoms with Gasteiger partial charge in [-0.3, -0.25) is 0 Å². The lowest BCUT2D eigenvalue weighted by Crippen LogP contribution is -2.23. The minimum atomic E-state index is 0.246. The Hall–Kier alpha value is -0.390. The first-order valence-electron chi connectivity index (χ1n) is 7.42. The minimum Gasteiger partial charge on any atom is -0.306 e. The van der Waals surface area contributed by atoms with Crippen LogP contribution in [0.3, 0.4) is 0 Å². The SMILES string of the molecule is CCCc1cccc(C(NCC)c2cc(Br)ccc2I)c1. The van der Waals surface area contributed by atoms with Crippen LogP contribution in [0.5, 0.6) is 0 Å². The number of hydrogen-bond acceptors (Lipinski definition) is 1. The maximum atomic E-state index is 3.63. The third kappa shape index (κ3) is 4.54. The molecule has 21 heavy (non-hydrogen) atoms. The van der Waals surface area contributed by atoms with Crippen molar-refractivity contribution in [1.29, 1.82) is 0 Å². The molecule has 0 heterocycles. The molecule has 0 fully saturated rings. The normalized spacial score (nSPS) is 12.4. The standard InChI is InChI=1S/C18H21BrIN/c1-3-6-13-7-5-8-14(11-13)18(21-4-2)16-12-15(19)9-10-17(16)20/h5,7-12,18,21H,3-4,6H2,1-2H3. The highest BCUT2D eigenvalue weighted by Gasteiger charge is 2.16. The van der Waals surface area contributed by atoms with Gasteiger partial charge in [-0.1, -0.05) is 60.5 Å². The highest BCUT2D eigenvalue weighted by molar-refractivity contribution is 14.1. The first-order valence-corrected chi connectivity index (χ1v) is 9.30. The minimum absolute atomic E-state index is 0.246. The number of halogens is 2. The van der Waals surface area contributed by atoms with Crippen molar-refractivity contribution in [1.82, 2.24) is 5.32 Å². The van der Waals surface area contributed by atoms with Gasteiger partial charge in [0, 0.05) is 8.04 Å². The fourth-order valence-corrected chi connectivity index (χ4v) is 3.59. The predicted octanol–water partition coefficient (Wildman–Crippen LogP) is 5.71. The van der Waals surface area contributed by atoms with E-state index in [2.05, 4.69) is 100 Å². The first kappa shape index (κ1) is 17.0. The number of aryl methyl sites for hydroxylation is 1. The van der Waals surface area contributed by atoms with Crippen molar-refractivity contribution in [2.75, 3.05) is 6.54 Å². The lowest BCUT2D eigenvalue weighted by atomic mass is 9.96. The molecule has 0 aliphatic heterocycles. The number of hydrogen-bond donors (Lipinski definition) is 1. The van der Waals surface area contributed by atoms with Gasteiger partial charge in [0.15, 0.2) is 0 Å². The smallest absolute Gasteiger partial charge is 0.0587 e. The van der Waals surface area contributed by atoms with E-state index in [1.807, 2.05) is 0 Å². The zero-order valence-corrected chi connectivity index (χ0v) is 16.2. The third-order valence-electron chi connectivity index (χ3n) is 3.50. The summed E-state index contributed by atoms with van der Waals surface area (Å²) < 4.78 is 2.42. The zero-order chi connectivity index (χ0) is 15.2. The van der Waals surface area contributed by atoms with Gasteiger partial charge in [-0.15, -0.1) is 0 Å². The molecule has 0 aliphatic rings. The van der Waals surface area contributed by atoms with Crippen LogP contribution in [0, 0.1) is 3.57 Å². The van der Waals surface area contributed by atoms with Gasteiger partial charge in [0.2, 0.25) is 0 Å². The molecular formula is C18H21BrIN. The lowest BCUT2D eigenvalue weighted by molar-refractivity contribution is 0.627. The summed E-state index contributed by atoms with van der Waals surface area (Å²) in [6, 6.07) is 15.7. The third-order valence-corrected chi connectivity index (χ3v) is 4.98. The van der Waals surface area contributed by atoms with E-state index in [1.54, 1.807) is 0 Å². The maximum absolute atomic E-state index is 3.63. The quantitative estimate of drug-likeness (QED) is 0.548. The molecule has 0 bridgehead atoms. The summed E-state index contributed by atoms with van der Waals surface area (Å²) in [5, 5.41) is 3.63. The van der Waals surface area contributed by atoms with E-state index in [1.165, 1.54) is 26.7 Å². The fraction of sp³-hybridized carbons (Fsp3) is 0.333. The Balaban J connectivity index is 2.42. The van der Waals surface area contributed by atoms with Crippen LogP contribution in [0.4, 0.5) is 0 Å². The van der Waals surface area contributed by atoms with Crippen LogP contribution in [0.2, 0.25) is 0 Å². The van der Waals surface area contributed by atoms with Gasteiger partial charge in [0.1, 0.15) is 0 Å². The molecule has 0 aromatic heterocycles. The summed E-state index contributed by atoms with van der Waals surface area (Å²) >= 11 is 6.02. The molecule has 112 valence electrons. The fourth-order valence-electron chi connectivity index (χ4n) is 2.56. The highest BCUT2D eigenvalue weighted by Crippen LogP contribution is 2.29. The van der Waals surface area contributed by atoms with Crippen LogP contribution in [0.15, 0.2) is 46.9 Å². The molecule has 1 nitrogen and oxygen atoms in total. The van der Waals surface area contributed by atoms with Gasteiger partial charge in [0.05, 0.1) is 6.04 Å². The second-order valence-corrected chi connectivity index (χ2v) is 7.23. The monoisotopic (exact) mass is 457 g/mol. The van der Waals surface area contributed by atoms with E-state index in [-0.39, 0.29) is 6.04 Å². The Bertz CT molecular complexity index is 598. The van der Waals surface area contributed by atoms with Crippen LogP contribution in [-0.4, -0.2) is 6.54 Å². The average Bonchev–Trinajstić information content (AvgIpc) is 2.48. The van der Waals surface area contributed by atoms with Crippen LogP contribution in [0.1, 0.15) is 43.0 Å². The van der Waals surface area contributed by atoms with E-state index in [0.29, 0.717) is 0 Å². The molecule has 1 unspecified atom stereocenters. The first-order chi connectivity index (χ1) is 10.2. The lowest BCUT2D eigenvalue weighted by Gasteiger charge is -2.21. The molecule has 0 amide bonds. The van der Waals surface area contributed by atoms with Gasteiger partial charge in [-0.2, -0.15) is 0 Å². The highest BCUT2D eigenvalue weighted by atomic mass is 127. The summed E-state index contributed by atoms with van der Waals surface area (Å²) in [7, 11) is 0. The molecule has 3 heteroatoms. The molecule has 0 saturated heterocycles. The van der Waals surface area contributed by atoms with Gasteiger partial charge >= 0.3 is 0 Å². The Kier molecular flexibility index (Phi) is 6.71. The van der Waals surface area contributed by atoms with Crippen molar-refractivity contribution >= 4 is 38.5 Å². The van der Waals surface area contributed by atoms with Gasteiger partial charge in [-0.05, 0) is 70.4 Å². The Morgan fingerprint density at radius 3 is 2.67 bits per heavy atom. The predicted molar refractivity (Wildman–Crippen MR) is 103 cm³/mol. The summed E-state index contributed by atoms with van der Waals surface area (Å²) in [6.45, 7) is 5.34. The largest absolute Gasteiger partial charge is 0.306 e. The van der Waals surface area contributed by atoms with Gasteiger partial charge < -0.3 is 5.32 Å². The number of nitrogens with one attached hydrogen (secondary N) is 1. The summed E-state index contributed by atoms with van der Waals surface area (Å²) in [5.74, 6) is 0. The van der Waals surface area contributed by atoms with E-state index in [9.17, 15) is 0 Å². The van der Waals surface area contributed by atoms with Gasteiger partial charge in [0.25, 0.3) is 0 Å². The molecule has 2 rings (SSSR count). The van der Waals surface area contributed by atoms with E-state index in [4.69, 9.17) is 0 Å². The number of rotatable bonds is 6. The average molecular weight is 458 g/mol. The molecule has 0 aliphatic carbocycles. The van der Waals surface area contributed by atoms with E-state index in [0.717, 1.165) is 17.4 Å². The molecular weight excluding hydrogens is 437 g/mol. The van der Waals surface area contributed by atoms with E-state index < -0.39 is 0 Å².